The molecule has 1 aromatic rings. The van der Waals surface area contributed by atoms with Crippen molar-refractivity contribution >= 4 is 11.5 Å². The maximum atomic E-state index is 8.07. The molecule has 0 aromatic carbocycles. The second kappa shape index (κ2) is 5.64. The molecule has 0 spiro atoms. The third-order valence-corrected chi connectivity index (χ3v) is 2.17. The molecule has 0 bridgehead atoms. The Hall–Kier alpha value is -1.38. The maximum absolute atomic E-state index is 8.07. The topological polar surface area (TPSA) is 48.8 Å². The first-order valence-electron chi connectivity index (χ1n) is 5.80. The van der Waals surface area contributed by atoms with Crippen LogP contribution in [-0.2, 0) is 0 Å². The average Bonchev–Trinajstić information content (AvgIpc) is 2.16. The molecule has 0 fully saturated rings. The van der Waals surface area contributed by atoms with Crippen LogP contribution >= 0.6 is 0 Å². The molecule has 0 amide bonds. The van der Waals surface area contributed by atoms with Gasteiger partial charge in [-0.15, -0.1) is 0 Å². The summed E-state index contributed by atoms with van der Waals surface area (Å²) in [6, 6.07) is 4.18. The molecular formula is C13H21N3. The van der Waals surface area contributed by atoms with E-state index < -0.39 is 0 Å². The Labute approximate surface area is 97.8 Å². The number of hydrogen-bond acceptors (Lipinski definition) is 3. The van der Waals surface area contributed by atoms with Crippen LogP contribution in [0.4, 0.5) is 5.82 Å². The van der Waals surface area contributed by atoms with Crippen molar-refractivity contribution in [2.24, 2.45) is 5.92 Å². The van der Waals surface area contributed by atoms with E-state index in [0.717, 1.165) is 17.8 Å². The Bertz CT molecular complexity index is 356. The van der Waals surface area contributed by atoms with Gasteiger partial charge in [0.05, 0.1) is 0 Å². The normalized spacial score (nSPS) is 10.9. The number of nitrogens with zero attached hydrogens (tertiary/aromatic N) is 1. The van der Waals surface area contributed by atoms with Gasteiger partial charge in [-0.2, -0.15) is 0 Å². The Kier molecular flexibility index (Phi) is 4.47. The fourth-order valence-electron chi connectivity index (χ4n) is 1.56. The molecule has 1 aromatic heterocycles. The van der Waals surface area contributed by atoms with Gasteiger partial charge in [0.1, 0.15) is 5.82 Å². The van der Waals surface area contributed by atoms with E-state index in [1.54, 1.807) is 6.20 Å². The van der Waals surface area contributed by atoms with Gasteiger partial charge in [-0.25, -0.2) is 4.98 Å². The number of nitrogens with one attached hydrogen (secondary N) is 2. The van der Waals surface area contributed by atoms with Crippen molar-refractivity contribution in [3.63, 3.8) is 0 Å². The molecule has 16 heavy (non-hydrogen) atoms. The van der Waals surface area contributed by atoms with Crippen molar-refractivity contribution in [2.75, 3.05) is 5.32 Å². The van der Waals surface area contributed by atoms with Crippen LogP contribution < -0.4 is 5.32 Å². The quantitative estimate of drug-likeness (QED) is 0.746. The lowest BCUT2D eigenvalue weighted by Gasteiger charge is -2.14. The molecule has 0 atom stereocenters. The predicted molar refractivity (Wildman–Crippen MR) is 69.3 cm³/mol. The minimum Gasteiger partial charge on any atom is -0.367 e. The highest BCUT2D eigenvalue weighted by molar-refractivity contribution is 6.02. The average molecular weight is 219 g/mol. The summed E-state index contributed by atoms with van der Waals surface area (Å²) in [7, 11) is 0. The van der Waals surface area contributed by atoms with Crippen LogP contribution in [-0.4, -0.2) is 16.7 Å². The monoisotopic (exact) mass is 219 g/mol. The smallest absolute Gasteiger partial charge is 0.135 e. The second-order valence-corrected chi connectivity index (χ2v) is 4.78. The van der Waals surface area contributed by atoms with Gasteiger partial charge in [0.15, 0.2) is 0 Å². The summed E-state index contributed by atoms with van der Waals surface area (Å²) in [5, 5.41) is 11.3. The molecule has 0 aliphatic carbocycles. The fourth-order valence-corrected chi connectivity index (χ4v) is 1.56. The SMILES string of the molecule is CC(C)CC(=N)c1cccnc1NC(C)C. The lowest BCUT2D eigenvalue weighted by Crippen LogP contribution is -2.15. The molecular weight excluding hydrogens is 198 g/mol. The first-order valence-corrected chi connectivity index (χ1v) is 5.80. The third kappa shape index (κ3) is 3.65. The van der Waals surface area contributed by atoms with Gasteiger partial charge in [0, 0.05) is 23.5 Å². The maximum Gasteiger partial charge on any atom is 0.135 e. The number of aromatic nitrogens is 1. The molecule has 0 aliphatic heterocycles. The number of anilines is 1. The second-order valence-electron chi connectivity index (χ2n) is 4.78. The predicted octanol–water partition coefficient (Wildman–Crippen LogP) is 3.32. The molecule has 2 N–H and O–H groups in total. The lowest BCUT2D eigenvalue weighted by molar-refractivity contribution is 0.682. The standard InChI is InChI=1S/C13H21N3/c1-9(2)8-12(14)11-6-5-7-15-13(11)16-10(3)4/h5-7,9-10,14H,8H2,1-4H3,(H,15,16). The summed E-state index contributed by atoms with van der Waals surface area (Å²) in [6.07, 6.45) is 2.55. The van der Waals surface area contributed by atoms with E-state index in [4.69, 9.17) is 5.41 Å². The van der Waals surface area contributed by atoms with Gasteiger partial charge in [-0.1, -0.05) is 13.8 Å². The molecule has 0 unspecified atom stereocenters. The van der Waals surface area contributed by atoms with Gasteiger partial charge in [-0.3, -0.25) is 0 Å². The van der Waals surface area contributed by atoms with Crippen molar-refractivity contribution in [3.05, 3.63) is 23.9 Å². The summed E-state index contributed by atoms with van der Waals surface area (Å²) < 4.78 is 0. The van der Waals surface area contributed by atoms with E-state index in [2.05, 4.69) is 38.0 Å². The third-order valence-electron chi connectivity index (χ3n) is 2.17. The Morgan fingerprint density at radius 2 is 2.06 bits per heavy atom. The summed E-state index contributed by atoms with van der Waals surface area (Å²) in [5.74, 6) is 1.32. The van der Waals surface area contributed by atoms with E-state index in [1.165, 1.54) is 0 Å². The minimum absolute atomic E-state index is 0.334. The molecule has 1 heterocycles. The number of hydrogen-bond donors (Lipinski definition) is 2. The van der Waals surface area contributed by atoms with E-state index >= 15 is 0 Å². The van der Waals surface area contributed by atoms with Crippen molar-refractivity contribution in [3.8, 4) is 0 Å². The summed E-state index contributed by atoms with van der Waals surface area (Å²) in [5.41, 5.74) is 1.58. The van der Waals surface area contributed by atoms with Crippen LogP contribution in [0, 0.1) is 11.3 Å². The largest absolute Gasteiger partial charge is 0.367 e. The molecule has 0 radical (unpaired) electrons. The molecule has 0 saturated heterocycles. The molecule has 1 rings (SSSR count). The Balaban J connectivity index is 2.89. The first kappa shape index (κ1) is 12.7. The van der Waals surface area contributed by atoms with Gasteiger partial charge >= 0.3 is 0 Å². The van der Waals surface area contributed by atoms with Crippen LogP contribution in [0.3, 0.4) is 0 Å². The zero-order chi connectivity index (χ0) is 12.1. The minimum atomic E-state index is 0.334. The molecule has 0 saturated carbocycles. The van der Waals surface area contributed by atoms with Crippen molar-refractivity contribution in [1.29, 1.82) is 5.41 Å². The molecule has 0 aliphatic rings. The van der Waals surface area contributed by atoms with E-state index in [-0.39, 0.29) is 0 Å². The highest BCUT2D eigenvalue weighted by atomic mass is 15.0. The first-order chi connectivity index (χ1) is 7.50. The lowest BCUT2D eigenvalue weighted by atomic mass is 10.0. The van der Waals surface area contributed by atoms with Crippen molar-refractivity contribution < 1.29 is 0 Å². The highest BCUT2D eigenvalue weighted by Gasteiger charge is 2.10. The van der Waals surface area contributed by atoms with Crippen molar-refractivity contribution in [1.82, 2.24) is 4.98 Å². The van der Waals surface area contributed by atoms with Crippen LogP contribution in [0.5, 0.6) is 0 Å². The molecule has 3 heteroatoms. The summed E-state index contributed by atoms with van der Waals surface area (Å²) in [4.78, 5) is 4.30. The number of pyridine rings is 1. The molecule has 88 valence electrons. The van der Waals surface area contributed by atoms with Gasteiger partial charge in [0.2, 0.25) is 0 Å². The van der Waals surface area contributed by atoms with Gasteiger partial charge in [-0.05, 0) is 38.3 Å². The van der Waals surface area contributed by atoms with Gasteiger partial charge < -0.3 is 10.7 Å². The van der Waals surface area contributed by atoms with Gasteiger partial charge in [0.25, 0.3) is 0 Å². The Morgan fingerprint density at radius 1 is 1.38 bits per heavy atom. The number of rotatable bonds is 5. The van der Waals surface area contributed by atoms with E-state index in [1.807, 2.05) is 12.1 Å². The van der Waals surface area contributed by atoms with Crippen LogP contribution in [0.15, 0.2) is 18.3 Å². The van der Waals surface area contributed by atoms with Crippen LogP contribution in [0.1, 0.15) is 39.7 Å². The highest BCUT2D eigenvalue weighted by Crippen LogP contribution is 2.17. The zero-order valence-corrected chi connectivity index (χ0v) is 10.5. The molecule has 3 nitrogen and oxygen atoms in total. The zero-order valence-electron chi connectivity index (χ0n) is 10.5. The summed E-state index contributed by atoms with van der Waals surface area (Å²) in [6.45, 7) is 8.40. The van der Waals surface area contributed by atoms with E-state index in [0.29, 0.717) is 17.7 Å². The summed E-state index contributed by atoms with van der Waals surface area (Å²) >= 11 is 0. The fraction of sp³-hybridized carbons (Fsp3) is 0.538. The van der Waals surface area contributed by atoms with Crippen LogP contribution in [0.2, 0.25) is 0 Å². The van der Waals surface area contributed by atoms with Crippen LogP contribution in [0.25, 0.3) is 0 Å². The van der Waals surface area contributed by atoms with E-state index in [9.17, 15) is 0 Å². The Morgan fingerprint density at radius 3 is 2.62 bits per heavy atom. The van der Waals surface area contributed by atoms with Crippen molar-refractivity contribution in [2.45, 2.75) is 40.2 Å².